The molecule has 0 aliphatic rings. The Kier molecular flexibility index (Phi) is 10.6. The lowest BCUT2D eigenvalue weighted by molar-refractivity contribution is -0.191. The van der Waals surface area contributed by atoms with Crippen molar-refractivity contribution in [2.24, 2.45) is 0 Å². The number of halogens is 3. The number of carbonyl (C=O) groups excluding carboxylic acids is 2. The van der Waals surface area contributed by atoms with Crippen LogP contribution < -0.4 is 14.2 Å². The van der Waals surface area contributed by atoms with Crippen molar-refractivity contribution in [1.82, 2.24) is 0 Å². The molecular formula is C21H21F3O5S. The summed E-state index contributed by atoms with van der Waals surface area (Å²) in [6.45, 7) is 6.64. The number of methoxy groups -OCH3 is 1. The SMILES string of the molecule is C=C(COc1ccc(C(F)(F)F)cc1)CSc1ccc(OCC)c(OC)c1.O=C=O. The van der Waals surface area contributed by atoms with E-state index in [1.54, 1.807) is 18.9 Å². The topological polar surface area (TPSA) is 61.8 Å². The largest absolute Gasteiger partial charge is 0.493 e. The molecule has 2 aromatic rings. The van der Waals surface area contributed by atoms with Gasteiger partial charge in [-0.1, -0.05) is 6.58 Å². The van der Waals surface area contributed by atoms with Crippen LogP contribution in [0.5, 0.6) is 17.2 Å². The lowest BCUT2D eigenvalue weighted by Crippen LogP contribution is -2.05. The van der Waals surface area contributed by atoms with Gasteiger partial charge in [-0.05, 0) is 55.0 Å². The molecule has 30 heavy (non-hydrogen) atoms. The summed E-state index contributed by atoms with van der Waals surface area (Å²) in [7, 11) is 1.59. The van der Waals surface area contributed by atoms with Crippen LogP contribution in [0.15, 0.2) is 59.5 Å². The molecule has 0 radical (unpaired) electrons. The van der Waals surface area contributed by atoms with Crippen molar-refractivity contribution >= 4 is 17.9 Å². The monoisotopic (exact) mass is 442 g/mol. The Morgan fingerprint density at radius 1 is 1.07 bits per heavy atom. The minimum Gasteiger partial charge on any atom is -0.493 e. The van der Waals surface area contributed by atoms with E-state index in [4.69, 9.17) is 23.8 Å². The molecular weight excluding hydrogens is 421 g/mol. The van der Waals surface area contributed by atoms with Gasteiger partial charge in [-0.25, -0.2) is 0 Å². The van der Waals surface area contributed by atoms with Gasteiger partial charge in [0, 0.05) is 10.6 Å². The standard InChI is InChI=1S/C20H21F3O3S.CO2/c1-4-25-18-10-9-17(11-19(18)24-3)27-13-14(2)12-26-16-7-5-15(6-8-16)20(21,22)23;2-1-3/h5-11H,2,4,12-13H2,1,3H3;. The normalized spacial score (nSPS) is 10.3. The van der Waals surface area contributed by atoms with Crippen molar-refractivity contribution in [2.45, 2.75) is 18.0 Å². The Balaban J connectivity index is 0.00000141. The van der Waals surface area contributed by atoms with Gasteiger partial charge in [-0.2, -0.15) is 22.8 Å². The molecule has 0 saturated carbocycles. The zero-order chi connectivity index (χ0) is 22.6. The molecule has 0 aliphatic heterocycles. The van der Waals surface area contributed by atoms with Crippen LogP contribution in [0.4, 0.5) is 13.2 Å². The maximum absolute atomic E-state index is 12.5. The third-order valence-electron chi connectivity index (χ3n) is 3.50. The molecule has 0 atom stereocenters. The van der Waals surface area contributed by atoms with Gasteiger partial charge in [-0.3, -0.25) is 0 Å². The highest BCUT2D eigenvalue weighted by Crippen LogP contribution is 2.33. The molecule has 0 fully saturated rings. The van der Waals surface area contributed by atoms with Gasteiger partial charge in [0.05, 0.1) is 19.3 Å². The van der Waals surface area contributed by atoms with Gasteiger partial charge in [0.15, 0.2) is 11.5 Å². The fourth-order valence-corrected chi connectivity index (χ4v) is 2.97. The molecule has 162 valence electrons. The highest BCUT2D eigenvalue weighted by atomic mass is 32.2. The maximum atomic E-state index is 12.5. The van der Waals surface area contributed by atoms with Gasteiger partial charge in [-0.15, -0.1) is 11.8 Å². The first-order chi connectivity index (χ1) is 14.2. The number of alkyl halides is 3. The highest BCUT2D eigenvalue weighted by molar-refractivity contribution is 7.99. The van der Waals surface area contributed by atoms with E-state index < -0.39 is 11.7 Å². The zero-order valence-electron chi connectivity index (χ0n) is 16.5. The van der Waals surface area contributed by atoms with E-state index in [0.29, 0.717) is 29.6 Å². The lowest BCUT2D eigenvalue weighted by Gasteiger charge is -2.12. The van der Waals surface area contributed by atoms with Crippen molar-refractivity contribution in [3.05, 3.63) is 60.2 Å². The number of hydrogen-bond acceptors (Lipinski definition) is 6. The second-order valence-corrected chi connectivity index (χ2v) is 6.73. The van der Waals surface area contributed by atoms with Gasteiger partial charge in [0.2, 0.25) is 0 Å². The zero-order valence-corrected chi connectivity index (χ0v) is 17.3. The molecule has 0 unspecified atom stereocenters. The van der Waals surface area contributed by atoms with E-state index in [9.17, 15) is 13.2 Å². The van der Waals surface area contributed by atoms with Crippen molar-refractivity contribution in [3.63, 3.8) is 0 Å². The predicted molar refractivity (Wildman–Crippen MR) is 106 cm³/mol. The summed E-state index contributed by atoms with van der Waals surface area (Å²) in [6.07, 6.45) is -4.10. The smallest absolute Gasteiger partial charge is 0.416 e. The molecule has 9 heteroatoms. The summed E-state index contributed by atoms with van der Waals surface area (Å²) in [6, 6.07) is 10.3. The van der Waals surface area contributed by atoms with E-state index in [1.165, 1.54) is 12.1 Å². The first kappa shape index (κ1) is 25.1. The van der Waals surface area contributed by atoms with Gasteiger partial charge < -0.3 is 14.2 Å². The summed E-state index contributed by atoms with van der Waals surface area (Å²) in [5.74, 6) is 2.33. The Bertz CT molecular complexity index is 845. The number of thioether (sulfide) groups is 1. The Hall–Kier alpha value is -2.90. The molecule has 2 aromatic carbocycles. The van der Waals surface area contributed by atoms with Crippen LogP contribution in [-0.2, 0) is 15.8 Å². The molecule has 0 amide bonds. The van der Waals surface area contributed by atoms with Gasteiger partial charge >= 0.3 is 12.3 Å². The van der Waals surface area contributed by atoms with Gasteiger partial charge in [0.1, 0.15) is 12.4 Å². The maximum Gasteiger partial charge on any atom is 0.416 e. The van der Waals surface area contributed by atoms with Crippen LogP contribution >= 0.6 is 11.8 Å². The number of benzene rings is 2. The van der Waals surface area contributed by atoms with Gasteiger partial charge in [0.25, 0.3) is 0 Å². The van der Waals surface area contributed by atoms with E-state index in [-0.39, 0.29) is 12.8 Å². The summed E-state index contributed by atoms with van der Waals surface area (Å²) < 4.78 is 53.9. The minimum absolute atomic E-state index is 0.229. The molecule has 0 aromatic heterocycles. The Morgan fingerprint density at radius 2 is 1.70 bits per heavy atom. The van der Waals surface area contributed by atoms with E-state index in [2.05, 4.69) is 6.58 Å². The van der Waals surface area contributed by atoms with Crippen molar-refractivity contribution in [1.29, 1.82) is 0 Å². The minimum atomic E-state index is -4.35. The van der Waals surface area contributed by atoms with Crippen LogP contribution in [0, 0.1) is 0 Å². The number of ether oxygens (including phenoxy) is 3. The Labute approximate surface area is 176 Å². The van der Waals surface area contributed by atoms with Crippen molar-refractivity contribution < 1.29 is 37.0 Å². The number of rotatable bonds is 9. The average Bonchev–Trinajstić information content (AvgIpc) is 2.72. The summed E-state index contributed by atoms with van der Waals surface area (Å²) >= 11 is 1.56. The first-order valence-electron chi connectivity index (χ1n) is 8.64. The molecule has 0 N–H and O–H groups in total. The molecule has 0 spiro atoms. The van der Waals surface area contributed by atoms with Crippen LogP contribution in [0.25, 0.3) is 0 Å². The summed E-state index contributed by atoms with van der Waals surface area (Å²) in [4.78, 5) is 17.2. The third-order valence-corrected chi connectivity index (χ3v) is 4.64. The second-order valence-electron chi connectivity index (χ2n) is 5.68. The van der Waals surface area contributed by atoms with E-state index in [1.807, 2.05) is 25.1 Å². The molecule has 5 nitrogen and oxygen atoms in total. The summed E-state index contributed by atoms with van der Waals surface area (Å²) in [5.41, 5.74) is 0.112. The Morgan fingerprint density at radius 3 is 2.23 bits per heavy atom. The van der Waals surface area contributed by atoms with Crippen LogP contribution in [0.1, 0.15) is 12.5 Å². The quantitative estimate of drug-likeness (QED) is 0.390. The second kappa shape index (κ2) is 12.6. The van der Waals surface area contributed by atoms with Crippen LogP contribution in [0.3, 0.4) is 0 Å². The highest BCUT2D eigenvalue weighted by Gasteiger charge is 2.30. The molecule has 0 saturated heterocycles. The average molecular weight is 442 g/mol. The molecule has 0 aliphatic carbocycles. The fourth-order valence-electron chi connectivity index (χ4n) is 2.17. The predicted octanol–water partition coefficient (Wildman–Crippen LogP) is 5.26. The van der Waals surface area contributed by atoms with E-state index >= 15 is 0 Å². The van der Waals surface area contributed by atoms with E-state index in [0.717, 1.165) is 22.6 Å². The lowest BCUT2D eigenvalue weighted by atomic mass is 10.2. The van der Waals surface area contributed by atoms with Crippen molar-refractivity contribution in [2.75, 3.05) is 26.1 Å². The molecule has 0 heterocycles. The molecule has 0 bridgehead atoms. The van der Waals surface area contributed by atoms with Crippen LogP contribution in [0.2, 0.25) is 0 Å². The fraction of sp³-hybridized carbons (Fsp3) is 0.286. The number of hydrogen-bond donors (Lipinski definition) is 0. The summed E-state index contributed by atoms with van der Waals surface area (Å²) in [5, 5.41) is 0. The first-order valence-corrected chi connectivity index (χ1v) is 9.63. The molecule has 2 rings (SSSR count). The third kappa shape index (κ3) is 8.63. The van der Waals surface area contributed by atoms with Crippen molar-refractivity contribution in [3.8, 4) is 17.2 Å². The van der Waals surface area contributed by atoms with Crippen LogP contribution in [-0.4, -0.2) is 32.2 Å².